The van der Waals surface area contributed by atoms with Gasteiger partial charge in [0.2, 0.25) is 0 Å². The second-order valence-corrected chi connectivity index (χ2v) is 5.84. The quantitative estimate of drug-likeness (QED) is 0.646. The van der Waals surface area contributed by atoms with Gasteiger partial charge in [0.25, 0.3) is 5.69 Å². The van der Waals surface area contributed by atoms with Crippen LogP contribution in [0.5, 0.6) is 0 Å². The Labute approximate surface area is 126 Å². The van der Waals surface area contributed by atoms with E-state index >= 15 is 0 Å². The van der Waals surface area contributed by atoms with E-state index in [-0.39, 0.29) is 16.7 Å². The van der Waals surface area contributed by atoms with Gasteiger partial charge in [0.05, 0.1) is 4.92 Å². The molecule has 2 unspecified atom stereocenters. The standard InChI is InChI=1S/C16H25N3O2/c1-3-16(14-7-4-8-15(10-14)19(20)21)18-9-5-6-13(12-18)11-17-2/h4,7-8,10,13,16-17H,3,5-6,9,11-12H2,1-2H3. The van der Waals surface area contributed by atoms with E-state index in [1.807, 2.05) is 13.1 Å². The molecule has 0 radical (unpaired) electrons. The van der Waals surface area contributed by atoms with Gasteiger partial charge in [0, 0.05) is 24.7 Å². The van der Waals surface area contributed by atoms with Crippen molar-refractivity contribution < 1.29 is 4.92 Å². The van der Waals surface area contributed by atoms with Crippen molar-refractivity contribution in [1.82, 2.24) is 10.2 Å². The fraction of sp³-hybridized carbons (Fsp3) is 0.625. The van der Waals surface area contributed by atoms with Gasteiger partial charge in [-0.25, -0.2) is 0 Å². The van der Waals surface area contributed by atoms with Crippen molar-refractivity contribution in [1.29, 1.82) is 0 Å². The SMILES string of the molecule is CCC(c1cccc([N+](=O)[O-])c1)N1CCCC(CNC)C1. The molecule has 21 heavy (non-hydrogen) atoms. The summed E-state index contributed by atoms with van der Waals surface area (Å²) in [5.74, 6) is 0.677. The van der Waals surface area contributed by atoms with E-state index in [2.05, 4.69) is 17.1 Å². The third-order valence-electron chi connectivity index (χ3n) is 4.34. The van der Waals surface area contributed by atoms with Crippen LogP contribution in [0.3, 0.4) is 0 Å². The summed E-state index contributed by atoms with van der Waals surface area (Å²) in [4.78, 5) is 13.1. The van der Waals surface area contributed by atoms with Crippen molar-refractivity contribution in [2.45, 2.75) is 32.2 Å². The van der Waals surface area contributed by atoms with Crippen molar-refractivity contribution in [3.63, 3.8) is 0 Å². The van der Waals surface area contributed by atoms with Gasteiger partial charge in [0.1, 0.15) is 0 Å². The number of non-ortho nitro benzene ring substituents is 1. The zero-order chi connectivity index (χ0) is 15.2. The molecule has 1 saturated heterocycles. The van der Waals surface area contributed by atoms with E-state index in [0.29, 0.717) is 5.92 Å². The molecule has 1 N–H and O–H groups in total. The van der Waals surface area contributed by atoms with Crippen molar-refractivity contribution in [2.75, 3.05) is 26.7 Å². The Hall–Kier alpha value is -1.46. The Kier molecular flexibility index (Phi) is 5.70. The van der Waals surface area contributed by atoms with Crippen molar-refractivity contribution in [3.8, 4) is 0 Å². The highest BCUT2D eigenvalue weighted by Gasteiger charge is 2.26. The topological polar surface area (TPSA) is 58.4 Å². The first-order valence-corrected chi connectivity index (χ1v) is 7.78. The molecule has 1 aliphatic heterocycles. The summed E-state index contributed by atoms with van der Waals surface area (Å²) in [6, 6.07) is 7.39. The molecule has 0 amide bonds. The lowest BCUT2D eigenvalue weighted by molar-refractivity contribution is -0.385. The molecule has 0 saturated carbocycles. The molecular weight excluding hydrogens is 266 g/mol. The molecule has 1 fully saturated rings. The van der Waals surface area contributed by atoms with E-state index in [1.165, 1.54) is 12.8 Å². The average molecular weight is 291 g/mol. The van der Waals surface area contributed by atoms with E-state index in [9.17, 15) is 10.1 Å². The highest BCUT2D eigenvalue weighted by atomic mass is 16.6. The monoisotopic (exact) mass is 291 g/mol. The van der Waals surface area contributed by atoms with Gasteiger partial charge in [-0.3, -0.25) is 15.0 Å². The number of nitrogens with one attached hydrogen (secondary N) is 1. The third kappa shape index (κ3) is 4.02. The van der Waals surface area contributed by atoms with Crippen LogP contribution in [0, 0.1) is 16.0 Å². The summed E-state index contributed by atoms with van der Waals surface area (Å²) in [6.45, 7) is 5.36. The fourth-order valence-corrected chi connectivity index (χ4v) is 3.39. The number of likely N-dealkylation sites (tertiary alicyclic amines) is 1. The van der Waals surface area contributed by atoms with Crippen LogP contribution in [-0.4, -0.2) is 36.5 Å². The minimum atomic E-state index is -0.309. The van der Waals surface area contributed by atoms with E-state index in [0.717, 1.165) is 31.6 Å². The Balaban J connectivity index is 2.15. The van der Waals surface area contributed by atoms with E-state index in [4.69, 9.17) is 0 Å². The normalized spacial score (nSPS) is 21.1. The largest absolute Gasteiger partial charge is 0.319 e. The van der Waals surface area contributed by atoms with Crippen molar-refractivity contribution in [3.05, 3.63) is 39.9 Å². The van der Waals surface area contributed by atoms with Crippen LogP contribution in [0.4, 0.5) is 5.69 Å². The van der Waals surface area contributed by atoms with E-state index < -0.39 is 0 Å². The fourth-order valence-electron chi connectivity index (χ4n) is 3.39. The number of nitro benzene ring substituents is 1. The number of hydrogen-bond acceptors (Lipinski definition) is 4. The van der Waals surface area contributed by atoms with Gasteiger partial charge >= 0.3 is 0 Å². The average Bonchev–Trinajstić information content (AvgIpc) is 2.49. The summed E-state index contributed by atoms with van der Waals surface area (Å²) >= 11 is 0. The van der Waals surface area contributed by atoms with Crippen LogP contribution in [0.25, 0.3) is 0 Å². The van der Waals surface area contributed by atoms with Gasteiger partial charge in [-0.05, 0) is 50.9 Å². The van der Waals surface area contributed by atoms with Crippen molar-refractivity contribution in [2.24, 2.45) is 5.92 Å². The zero-order valence-electron chi connectivity index (χ0n) is 12.9. The Morgan fingerprint density at radius 1 is 1.52 bits per heavy atom. The van der Waals surface area contributed by atoms with E-state index in [1.54, 1.807) is 18.2 Å². The third-order valence-corrected chi connectivity index (χ3v) is 4.34. The second kappa shape index (κ2) is 7.52. The highest BCUT2D eigenvalue weighted by molar-refractivity contribution is 5.35. The number of rotatable bonds is 6. The minimum Gasteiger partial charge on any atom is -0.319 e. The molecule has 5 heteroatoms. The van der Waals surface area contributed by atoms with Crippen LogP contribution < -0.4 is 5.32 Å². The molecule has 1 aromatic carbocycles. The summed E-state index contributed by atoms with van der Waals surface area (Å²) in [7, 11) is 2.00. The van der Waals surface area contributed by atoms with Gasteiger partial charge in [-0.1, -0.05) is 19.1 Å². The molecule has 0 aromatic heterocycles. The predicted octanol–water partition coefficient (Wildman–Crippen LogP) is 2.98. The van der Waals surface area contributed by atoms with Crippen LogP contribution in [0.2, 0.25) is 0 Å². The molecule has 2 atom stereocenters. The first-order chi connectivity index (χ1) is 10.2. The van der Waals surface area contributed by atoms with Gasteiger partial charge in [-0.15, -0.1) is 0 Å². The number of piperidine rings is 1. The lowest BCUT2D eigenvalue weighted by Gasteiger charge is -2.38. The van der Waals surface area contributed by atoms with Gasteiger partial charge in [0.15, 0.2) is 0 Å². The highest BCUT2D eigenvalue weighted by Crippen LogP contribution is 2.30. The number of nitro groups is 1. The van der Waals surface area contributed by atoms with Gasteiger partial charge < -0.3 is 5.32 Å². The summed E-state index contributed by atoms with van der Waals surface area (Å²) < 4.78 is 0. The lowest BCUT2D eigenvalue weighted by atomic mass is 9.93. The molecule has 1 heterocycles. The Bertz CT molecular complexity index is 476. The van der Waals surface area contributed by atoms with Gasteiger partial charge in [-0.2, -0.15) is 0 Å². The Morgan fingerprint density at radius 3 is 3.00 bits per heavy atom. The van der Waals surface area contributed by atoms with Crippen LogP contribution in [-0.2, 0) is 0 Å². The zero-order valence-corrected chi connectivity index (χ0v) is 12.9. The maximum Gasteiger partial charge on any atom is 0.269 e. The number of hydrogen-bond donors (Lipinski definition) is 1. The molecule has 2 rings (SSSR count). The predicted molar refractivity (Wildman–Crippen MR) is 84.4 cm³/mol. The summed E-state index contributed by atoms with van der Waals surface area (Å²) in [5, 5.41) is 14.2. The molecule has 0 bridgehead atoms. The lowest BCUT2D eigenvalue weighted by Crippen LogP contribution is -2.41. The first-order valence-electron chi connectivity index (χ1n) is 7.78. The molecule has 0 spiro atoms. The molecule has 0 aliphatic carbocycles. The smallest absolute Gasteiger partial charge is 0.269 e. The maximum absolute atomic E-state index is 11.0. The minimum absolute atomic E-state index is 0.190. The number of benzene rings is 1. The van der Waals surface area contributed by atoms with Crippen LogP contribution in [0.15, 0.2) is 24.3 Å². The van der Waals surface area contributed by atoms with Crippen molar-refractivity contribution >= 4 is 5.69 Å². The summed E-state index contributed by atoms with van der Waals surface area (Å²) in [6.07, 6.45) is 3.45. The second-order valence-electron chi connectivity index (χ2n) is 5.84. The number of nitrogens with zero attached hydrogens (tertiary/aromatic N) is 2. The van der Waals surface area contributed by atoms with Crippen LogP contribution >= 0.6 is 0 Å². The molecule has 1 aromatic rings. The Morgan fingerprint density at radius 2 is 2.33 bits per heavy atom. The molecule has 1 aliphatic rings. The first kappa shape index (κ1) is 15.9. The molecule has 5 nitrogen and oxygen atoms in total. The maximum atomic E-state index is 11.0. The molecule has 116 valence electrons. The summed E-state index contributed by atoms with van der Waals surface area (Å²) in [5.41, 5.74) is 1.26. The van der Waals surface area contributed by atoms with Crippen LogP contribution in [0.1, 0.15) is 37.8 Å². The molecular formula is C16H25N3O2.